The summed E-state index contributed by atoms with van der Waals surface area (Å²) in [5.74, 6) is 0. The van der Waals surface area contributed by atoms with Crippen molar-refractivity contribution in [3.8, 4) is 0 Å². The molecule has 0 aromatic heterocycles. The molecule has 0 fully saturated rings. The summed E-state index contributed by atoms with van der Waals surface area (Å²) < 4.78 is 0.900. The molecule has 0 aliphatic carbocycles. The fourth-order valence-corrected chi connectivity index (χ4v) is 2.28. The average molecular weight is 346 g/mol. The van der Waals surface area contributed by atoms with E-state index in [9.17, 15) is 0 Å². The molecule has 0 radical (unpaired) electrons. The summed E-state index contributed by atoms with van der Waals surface area (Å²) in [6.07, 6.45) is 0. The van der Waals surface area contributed by atoms with Crippen LogP contribution in [0.25, 0.3) is 0 Å². The molecule has 0 saturated heterocycles. The number of nitrogen functional groups attached to an aromatic ring is 1. The second-order valence-electron chi connectivity index (χ2n) is 3.94. The molecule has 2 rings (SSSR count). The van der Waals surface area contributed by atoms with Crippen molar-refractivity contribution in [2.45, 2.75) is 6.92 Å². The van der Waals surface area contributed by atoms with Crippen LogP contribution in [0.5, 0.6) is 0 Å². The smallest absolute Gasteiger partial charge is 0.0612 e. The summed E-state index contributed by atoms with van der Waals surface area (Å²) in [6.45, 7) is 1.96. The fraction of sp³-hybridized carbons (Fsp3) is 0.0769. The third-order valence-corrected chi connectivity index (χ3v) is 3.95. The van der Waals surface area contributed by atoms with Gasteiger partial charge in [-0.1, -0.05) is 23.2 Å². The lowest BCUT2D eigenvalue weighted by Crippen LogP contribution is -1.95. The Kier molecular flexibility index (Phi) is 4.05. The molecule has 0 unspecified atom stereocenters. The first-order valence-corrected chi connectivity index (χ1v) is 6.80. The molecule has 0 aliphatic heterocycles. The van der Waals surface area contributed by atoms with Crippen molar-refractivity contribution in [2.75, 3.05) is 11.1 Å². The van der Waals surface area contributed by atoms with E-state index in [1.165, 1.54) is 0 Å². The molecule has 0 heterocycles. The molecule has 0 aliphatic rings. The first kappa shape index (κ1) is 13.5. The highest BCUT2D eigenvalue weighted by molar-refractivity contribution is 9.10. The van der Waals surface area contributed by atoms with Gasteiger partial charge in [0.1, 0.15) is 0 Å². The standard InChI is InChI=1S/C13H11BrCl2N2/c1-7-4-13(9(14)6-12(7)17)18-8-2-3-10(15)11(16)5-8/h2-6,18H,17H2,1H3. The molecule has 0 bridgehead atoms. The van der Waals surface area contributed by atoms with Crippen molar-refractivity contribution >= 4 is 56.2 Å². The minimum atomic E-state index is 0.518. The molecule has 2 aromatic carbocycles. The highest BCUT2D eigenvalue weighted by atomic mass is 79.9. The Morgan fingerprint density at radius 3 is 2.50 bits per heavy atom. The topological polar surface area (TPSA) is 38.0 Å². The summed E-state index contributed by atoms with van der Waals surface area (Å²) >= 11 is 15.3. The molecule has 5 heteroatoms. The maximum atomic E-state index is 5.97. The lowest BCUT2D eigenvalue weighted by Gasteiger charge is -2.11. The lowest BCUT2D eigenvalue weighted by molar-refractivity contribution is 1.43. The van der Waals surface area contributed by atoms with Gasteiger partial charge in [-0.15, -0.1) is 0 Å². The van der Waals surface area contributed by atoms with Crippen LogP contribution < -0.4 is 11.1 Å². The minimum Gasteiger partial charge on any atom is -0.398 e. The van der Waals surface area contributed by atoms with Crippen LogP contribution in [0.2, 0.25) is 10.0 Å². The summed E-state index contributed by atoms with van der Waals surface area (Å²) in [6, 6.07) is 9.25. The number of rotatable bonds is 2. The zero-order valence-corrected chi connectivity index (χ0v) is 12.7. The van der Waals surface area contributed by atoms with E-state index in [0.29, 0.717) is 10.0 Å². The summed E-state index contributed by atoms with van der Waals surface area (Å²) in [4.78, 5) is 0. The number of halogens is 3. The van der Waals surface area contributed by atoms with Crippen molar-refractivity contribution in [2.24, 2.45) is 0 Å². The van der Waals surface area contributed by atoms with E-state index in [0.717, 1.165) is 27.1 Å². The Hall–Kier alpha value is -0.900. The van der Waals surface area contributed by atoms with Gasteiger partial charge in [0, 0.05) is 15.8 Å². The number of anilines is 3. The van der Waals surface area contributed by atoms with Crippen molar-refractivity contribution in [3.05, 3.63) is 50.4 Å². The molecule has 3 N–H and O–H groups in total. The molecule has 2 aromatic rings. The minimum absolute atomic E-state index is 0.518. The van der Waals surface area contributed by atoms with Gasteiger partial charge in [-0.05, 0) is 58.7 Å². The van der Waals surface area contributed by atoms with Crippen LogP contribution in [0.15, 0.2) is 34.8 Å². The Labute approximate surface area is 124 Å². The fourth-order valence-electron chi connectivity index (χ4n) is 1.52. The highest BCUT2D eigenvalue weighted by Gasteiger charge is 2.05. The highest BCUT2D eigenvalue weighted by Crippen LogP contribution is 2.32. The van der Waals surface area contributed by atoms with E-state index in [1.807, 2.05) is 25.1 Å². The summed E-state index contributed by atoms with van der Waals surface area (Å²) in [7, 11) is 0. The van der Waals surface area contributed by atoms with Gasteiger partial charge in [0.05, 0.1) is 15.7 Å². The Morgan fingerprint density at radius 1 is 1.11 bits per heavy atom. The molecule has 94 valence electrons. The molecule has 0 atom stereocenters. The Bertz CT molecular complexity index is 600. The molecule has 0 spiro atoms. The van der Waals surface area contributed by atoms with E-state index in [2.05, 4.69) is 21.2 Å². The molecule has 0 saturated carbocycles. The van der Waals surface area contributed by atoms with Crippen LogP contribution in [-0.2, 0) is 0 Å². The summed E-state index contributed by atoms with van der Waals surface area (Å²) in [5, 5.41) is 4.32. The largest absolute Gasteiger partial charge is 0.398 e. The van der Waals surface area contributed by atoms with Gasteiger partial charge in [-0.25, -0.2) is 0 Å². The zero-order chi connectivity index (χ0) is 13.3. The van der Waals surface area contributed by atoms with Gasteiger partial charge in [0.25, 0.3) is 0 Å². The SMILES string of the molecule is Cc1cc(Nc2ccc(Cl)c(Cl)c2)c(Br)cc1N. The molecular formula is C13H11BrCl2N2. The zero-order valence-electron chi connectivity index (χ0n) is 9.60. The Morgan fingerprint density at radius 2 is 1.83 bits per heavy atom. The van der Waals surface area contributed by atoms with Gasteiger partial charge < -0.3 is 11.1 Å². The van der Waals surface area contributed by atoms with Gasteiger partial charge in [0.2, 0.25) is 0 Å². The van der Waals surface area contributed by atoms with Crippen LogP contribution in [0, 0.1) is 6.92 Å². The molecule has 18 heavy (non-hydrogen) atoms. The van der Waals surface area contributed by atoms with E-state index in [1.54, 1.807) is 12.1 Å². The number of benzene rings is 2. The monoisotopic (exact) mass is 344 g/mol. The van der Waals surface area contributed by atoms with E-state index < -0.39 is 0 Å². The van der Waals surface area contributed by atoms with Crippen molar-refractivity contribution < 1.29 is 0 Å². The maximum Gasteiger partial charge on any atom is 0.0612 e. The first-order valence-electron chi connectivity index (χ1n) is 5.25. The predicted octanol–water partition coefficient (Wildman–Crippen LogP) is 5.39. The number of nitrogens with one attached hydrogen (secondary N) is 1. The van der Waals surface area contributed by atoms with Crippen molar-refractivity contribution in [1.29, 1.82) is 0 Å². The molecule has 2 nitrogen and oxygen atoms in total. The van der Waals surface area contributed by atoms with Crippen LogP contribution in [0.1, 0.15) is 5.56 Å². The van der Waals surface area contributed by atoms with Crippen LogP contribution >= 0.6 is 39.1 Å². The molecule has 0 amide bonds. The Balaban J connectivity index is 2.34. The lowest BCUT2D eigenvalue weighted by atomic mass is 10.2. The number of nitrogens with two attached hydrogens (primary N) is 1. The van der Waals surface area contributed by atoms with E-state index >= 15 is 0 Å². The molecular weight excluding hydrogens is 335 g/mol. The second-order valence-corrected chi connectivity index (χ2v) is 5.61. The third kappa shape index (κ3) is 2.91. The van der Waals surface area contributed by atoms with E-state index in [-0.39, 0.29) is 0 Å². The maximum absolute atomic E-state index is 5.97. The number of hydrogen-bond donors (Lipinski definition) is 2. The normalized spacial score (nSPS) is 10.4. The van der Waals surface area contributed by atoms with Gasteiger partial charge >= 0.3 is 0 Å². The third-order valence-electron chi connectivity index (χ3n) is 2.55. The van der Waals surface area contributed by atoms with Crippen LogP contribution in [0.3, 0.4) is 0 Å². The van der Waals surface area contributed by atoms with Gasteiger partial charge in [-0.2, -0.15) is 0 Å². The number of hydrogen-bond acceptors (Lipinski definition) is 2. The first-order chi connectivity index (χ1) is 8.47. The van der Waals surface area contributed by atoms with Crippen LogP contribution in [0.4, 0.5) is 17.1 Å². The number of aryl methyl sites for hydroxylation is 1. The average Bonchev–Trinajstić information content (AvgIpc) is 2.31. The van der Waals surface area contributed by atoms with E-state index in [4.69, 9.17) is 28.9 Å². The van der Waals surface area contributed by atoms with Gasteiger partial charge in [-0.3, -0.25) is 0 Å². The summed E-state index contributed by atoms with van der Waals surface area (Å²) in [5.41, 5.74) is 9.40. The van der Waals surface area contributed by atoms with Crippen molar-refractivity contribution in [3.63, 3.8) is 0 Å². The quantitative estimate of drug-likeness (QED) is 0.716. The van der Waals surface area contributed by atoms with Crippen LogP contribution in [-0.4, -0.2) is 0 Å². The van der Waals surface area contributed by atoms with Crippen molar-refractivity contribution in [1.82, 2.24) is 0 Å². The second kappa shape index (κ2) is 5.39. The van der Waals surface area contributed by atoms with Gasteiger partial charge in [0.15, 0.2) is 0 Å². The predicted molar refractivity (Wildman–Crippen MR) is 83.0 cm³/mol.